The van der Waals surface area contributed by atoms with Crippen molar-refractivity contribution in [3.05, 3.63) is 48.0 Å². The molecule has 1 aromatic carbocycles. The second-order valence-electron chi connectivity index (χ2n) is 13.1. The third kappa shape index (κ3) is 15.2. The lowest BCUT2D eigenvalue weighted by molar-refractivity contribution is -0.134. The van der Waals surface area contributed by atoms with Gasteiger partial charge in [0, 0.05) is 18.7 Å². The molecule has 252 valence electrons. The van der Waals surface area contributed by atoms with Gasteiger partial charge in [-0.15, -0.1) is 0 Å². The molecule has 5 N–H and O–H groups in total. The quantitative estimate of drug-likeness (QED) is 0.158. The average Bonchev–Trinajstić information content (AvgIpc) is 2.93. The van der Waals surface area contributed by atoms with Gasteiger partial charge in [-0.3, -0.25) is 28.9 Å². The highest BCUT2D eigenvalue weighted by Crippen LogP contribution is 2.12. The van der Waals surface area contributed by atoms with E-state index in [1.165, 1.54) is 12.2 Å². The van der Waals surface area contributed by atoms with Crippen molar-refractivity contribution in [3.8, 4) is 0 Å². The normalized spacial score (nSPS) is 15.0. The van der Waals surface area contributed by atoms with Crippen LogP contribution in [0.2, 0.25) is 0 Å². The van der Waals surface area contributed by atoms with Crippen molar-refractivity contribution < 1.29 is 24.0 Å². The summed E-state index contributed by atoms with van der Waals surface area (Å²) in [5.41, 5.74) is 0.949. The van der Waals surface area contributed by atoms with Gasteiger partial charge in [0.05, 0.1) is 6.04 Å². The summed E-state index contributed by atoms with van der Waals surface area (Å²) < 4.78 is 0. The number of nitrogens with one attached hydrogen (secondary N) is 5. The van der Waals surface area contributed by atoms with Gasteiger partial charge >= 0.3 is 0 Å². The van der Waals surface area contributed by atoms with E-state index in [0.717, 1.165) is 5.56 Å². The fourth-order valence-electron chi connectivity index (χ4n) is 4.94. The molecule has 1 rings (SSSR count). The van der Waals surface area contributed by atoms with Crippen LogP contribution in [0.1, 0.15) is 73.8 Å². The van der Waals surface area contributed by atoms with Crippen LogP contribution >= 0.6 is 0 Å². The summed E-state index contributed by atoms with van der Waals surface area (Å²) >= 11 is 0. The lowest BCUT2D eigenvalue weighted by atomic mass is 9.98. The van der Waals surface area contributed by atoms with E-state index in [4.69, 9.17) is 0 Å². The van der Waals surface area contributed by atoms with Gasteiger partial charge in [0.1, 0.15) is 18.1 Å². The maximum absolute atomic E-state index is 13.4. The van der Waals surface area contributed by atoms with Crippen molar-refractivity contribution in [1.82, 2.24) is 31.5 Å². The summed E-state index contributed by atoms with van der Waals surface area (Å²) in [6.07, 6.45) is 3.60. The van der Waals surface area contributed by atoms with Crippen LogP contribution in [0, 0.1) is 17.8 Å². The highest BCUT2D eigenvalue weighted by atomic mass is 16.2. The molecule has 0 aromatic heterocycles. The highest BCUT2D eigenvalue weighted by Gasteiger charge is 2.31. The van der Waals surface area contributed by atoms with Crippen LogP contribution in [0.3, 0.4) is 0 Å². The Morgan fingerprint density at radius 1 is 0.689 bits per heavy atom. The molecule has 0 saturated carbocycles. The van der Waals surface area contributed by atoms with E-state index in [0.29, 0.717) is 19.4 Å². The molecule has 0 fully saturated rings. The van der Waals surface area contributed by atoms with Crippen molar-refractivity contribution in [2.45, 2.75) is 105 Å². The third-order valence-corrected chi connectivity index (χ3v) is 7.10. The lowest BCUT2D eigenvalue weighted by Crippen LogP contribution is -2.57. The second-order valence-corrected chi connectivity index (χ2v) is 13.1. The number of hydrogen-bond acceptors (Lipinski definition) is 6. The molecule has 0 saturated heterocycles. The SMILES string of the molecule is CC(C)C[C@H](NC(=O)[C@H](CC(C)C)NC(=O)[C@@H](C(C)C)N(C)C)C(=O)N[C@@H](C)/C=C/C(=O)N[C@@H](C)C(=O)NCc1ccccc1. The van der Waals surface area contributed by atoms with E-state index < -0.39 is 47.9 Å². The van der Waals surface area contributed by atoms with Crippen LogP contribution in [0.25, 0.3) is 0 Å². The van der Waals surface area contributed by atoms with Crippen LogP contribution in [-0.2, 0) is 30.5 Å². The van der Waals surface area contributed by atoms with Crippen molar-refractivity contribution in [2.75, 3.05) is 14.1 Å². The maximum atomic E-state index is 13.4. The van der Waals surface area contributed by atoms with E-state index in [1.54, 1.807) is 13.8 Å². The first-order chi connectivity index (χ1) is 21.0. The molecule has 0 radical (unpaired) electrons. The van der Waals surface area contributed by atoms with Crippen molar-refractivity contribution in [3.63, 3.8) is 0 Å². The average molecular weight is 629 g/mol. The Morgan fingerprint density at radius 3 is 1.69 bits per heavy atom. The fraction of sp³-hybridized carbons (Fsp3) is 0.618. The lowest BCUT2D eigenvalue weighted by Gasteiger charge is -2.30. The minimum absolute atomic E-state index is 0.0406. The molecule has 0 heterocycles. The van der Waals surface area contributed by atoms with Gasteiger partial charge in [-0.2, -0.15) is 0 Å². The topological polar surface area (TPSA) is 149 Å². The minimum atomic E-state index is -0.836. The molecule has 0 unspecified atom stereocenters. The molecule has 0 spiro atoms. The molecule has 5 atom stereocenters. The molecule has 1 aromatic rings. The van der Waals surface area contributed by atoms with Gasteiger partial charge in [-0.1, -0.05) is 78.0 Å². The zero-order valence-corrected chi connectivity index (χ0v) is 28.8. The van der Waals surface area contributed by atoms with Gasteiger partial charge in [0.2, 0.25) is 29.5 Å². The monoisotopic (exact) mass is 628 g/mol. The molecule has 0 aliphatic rings. The van der Waals surface area contributed by atoms with Crippen molar-refractivity contribution >= 4 is 29.5 Å². The molecule has 11 nitrogen and oxygen atoms in total. The minimum Gasteiger partial charge on any atom is -0.350 e. The summed E-state index contributed by atoms with van der Waals surface area (Å²) in [6.45, 7) is 15.4. The first kappa shape index (κ1) is 39.3. The van der Waals surface area contributed by atoms with Gasteiger partial charge < -0.3 is 26.6 Å². The number of rotatable bonds is 18. The molecule has 11 heteroatoms. The number of likely N-dealkylation sites (N-methyl/N-ethyl adjacent to an activating group) is 1. The number of benzene rings is 1. The Labute approximate surface area is 269 Å². The molecule has 0 aliphatic heterocycles. The largest absolute Gasteiger partial charge is 0.350 e. The molecule has 5 amide bonds. The first-order valence-corrected chi connectivity index (χ1v) is 15.9. The van der Waals surface area contributed by atoms with Crippen LogP contribution in [-0.4, -0.2) is 78.7 Å². The van der Waals surface area contributed by atoms with Crippen molar-refractivity contribution in [2.24, 2.45) is 17.8 Å². The van der Waals surface area contributed by atoms with Gasteiger partial charge in [-0.25, -0.2) is 0 Å². The Bertz CT molecular complexity index is 1130. The van der Waals surface area contributed by atoms with E-state index in [2.05, 4.69) is 26.6 Å². The highest BCUT2D eigenvalue weighted by molar-refractivity contribution is 5.94. The van der Waals surface area contributed by atoms with Crippen LogP contribution in [0.15, 0.2) is 42.5 Å². The summed E-state index contributed by atoms with van der Waals surface area (Å²) in [5, 5.41) is 14.0. The molecular formula is C34H56N6O5. The van der Waals surface area contributed by atoms with Crippen LogP contribution in [0.5, 0.6) is 0 Å². The third-order valence-electron chi connectivity index (χ3n) is 7.10. The number of hydrogen-bond donors (Lipinski definition) is 5. The van der Waals surface area contributed by atoms with Gasteiger partial charge in [-0.05, 0) is 64.1 Å². The summed E-state index contributed by atoms with van der Waals surface area (Å²) in [7, 11) is 3.66. The fourth-order valence-corrected chi connectivity index (χ4v) is 4.94. The molecular weight excluding hydrogens is 572 g/mol. The second kappa shape index (κ2) is 19.6. The van der Waals surface area contributed by atoms with Gasteiger partial charge in [0.25, 0.3) is 0 Å². The Kier molecular flexibility index (Phi) is 17.1. The van der Waals surface area contributed by atoms with Crippen molar-refractivity contribution in [1.29, 1.82) is 0 Å². The van der Waals surface area contributed by atoms with E-state index in [9.17, 15) is 24.0 Å². The zero-order chi connectivity index (χ0) is 34.3. The molecule has 0 aliphatic carbocycles. The molecule has 0 bridgehead atoms. The summed E-state index contributed by atoms with van der Waals surface area (Å²) in [5.74, 6) is -1.57. The number of carbonyl (C=O) groups excluding carboxylic acids is 5. The number of carbonyl (C=O) groups is 5. The molecule has 45 heavy (non-hydrogen) atoms. The predicted molar refractivity (Wildman–Crippen MR) is 178 cm³/mol. The zero-order valence-electron chi connectivity index (χ0n) is 28.8. The Hall–Kier alpha value is -3.73. The number of nitrogens with zero attached hydrogens (tertiary/aromatic N) is 1. The van der Waals surface area contributed by atoms with Crippen LogP contribution < -0.4 is 26.6 Å². The Balaban J connectivity index is 2.81. The van der Waals surface area contributed by atoms with E-state index in [1.807, 2.05) is 90.9 Å². The van der Waals surface area contributed by atoms with Gasteiger partial charge in [0.15, 0.2) is 0 Å². The smallest absolute Gasteiger partial charge is 0.244 e. The Morgan fingerprint density at radius 2 is 1.20 bits per heavy atom. The standard InChI is InChI=1S/C34H56N6O5/c1-21(2)18-27(38-33(44)28(19-22(3)4)39-34(45)30(23(5)6)40(9)10)32(43)36-24(7)16-17-29(41)37-25(8)31(42)35-20-26-14-12-11-13-15-26/h11-17,21-25,27-28,30H,18-20H2,1-10H3,(H,35,42)(H,36,43)(H,37,41)(H,38,44)(H,39,45)/b17-16+/t24-,25-,27-,28-,30+/m0/s1. The summed E-state index contributed by atoms with van der Waals surface area (Å²) in [6, 6.07) is 6.13. The number of amides is 5. The summed E-state index contributed by atoms with van der Waals surface area (Å²) in [4.78, 5) is 66.5. The van der Waals surface area contributed by atoms with E-state index in [-0.39, 0.29) is 29.6 Å². The predicted octanol–water partition coefficient (Wildman–Crippen LogP) is 2.52. The maximum Gasteiger partial charge on any atom is 0.244 e. The van der Waals surface area contributed by atoms with E-state index >= 15 is 0 Å². The van der Waals surface area contributed by atoms with Crippen LogP contribution in [0.4, 0.5) is 0 Å². The first-order valence-electron chi connectivity index (χ1n) is 15.9.